The van der Waals surface area contributed by atoms with Crippen molar-refractivity contribution < 1.29 is 31.1 Å². The number of carbonyl (C=O) groups excluding carboxylic acids is 1. The second-order valence-corrected chi connectivity index (χ2v) is 10.5. The van der Waals surface area contributed by atoms with E-state index in [1.807, 2.05) is 0 Å². The average Bonchev–Trinajstić information content (AvgIpc) is 3.26. The Bertz CT molecular complexity index is 1200. The zero-order chi connectivity index (χ0) is 24.7. The van der Waals surface area contributed by atoms with Crippen LogP contribution in [0.15, 0.2) is 29.4 Å². The molecule has 2 heterocycles. The van der Waals surface area contributed by atoms with E-state index in [4.69, 9.17) is 4.74 Å². The Labute approximate surface area is 195 Å². The van der Waals surface area contributed by atoms with Crippen molar-refractivity contribution in [1.29, 1.82) is 0 Å². The number of anilines is 1. The van der Waals surface area contributed by atoms with Crippen molar-refractivity contribution >= 4 is 21.6 Å². The van der Waals surface area contributed by atoms with Gasteiger partial charge in [-0.05, 0) is 44.4 Å². The van der Waals surface area contributed by atoms with E-state index in [-0.39, 0.29) is 16.2 Å². The van der Waals surface area contributed by atoms with E-state index in [0.717, 1.165) is 67.7 Å². The lowest BCUT2D eigenvalue weighted by molar-refractivity contribution is -0.189. The number of piperazine rings is 1. The Balaban J connectivity index is 1.56. The molecule has 0 spiro atoms. The first-order valence-electron chi connectivity index (χ1n) is 10.9. The minimum Gasteiger partial charge on any atom is -0.480 e. The standard InChI is InChI=1S/C22H25F3N4O4S/c1-14(22(23,24)25)33-19-7-6-15(34(2,31)32)12-17(19)21(30)29-10-8-28(9-11-29)20-16-4-3-5-18(16)26-13-27-20/h6-7,12-14H,3-5,8-11H2,1-2H3/t14-/m1/s1. The fourth-order valence-corrected chi connectivity index (χ4v) is 4.82. The van der Waals surface area contributed by atoms with Gasteiger partial charge in [-0.2, -0.15) is 13.2 Å². The molecule has 184 valence electrons. The van der Waals surface area contributed by atoms with Crippen LogP contribution in [-0.4, -0.2) is 73.9 Å². The lowest BCUT2D eigenvalue weighted by atomic mass is 10.1. The number of rotatable bonds is 5. The molecular formula is C22H25F3N4O4S. The molecule has 0 radical (unpaired) electrons. The van der Waals surface area contributed by atoms with Crippen molar-refractivity contribution in [3.05, 3.63) is 41.3 Å². The maximum Gasteiger partial charge on any atom is 0.425 e. The molecule has 4 rings (SSSR count). The van der Waals surface area contributed by atoms with Gasteiger partial charge in [-0.1, -0.05) is 0 Å². The zero-order valence-corrected chi connectivity index (χ0v) is 19.6. The van der Waals surface area contributed by atoms with Gasteiger partial charge in [0.2, 0.25) is 0 Å². The van der Waals surface area contributed by atoms with Gasteiger partial charge >= 0.3 is 6.18 Å². The van der Waals surface area contributed by atoms with Crippen LogP contribution in [0.4, 0.5) is 19.0 Å². The number of aromatic nitrogens is 2. The predicted octanol–water partition coefficient (Wildman–Crippen LogP) is 2.66. The van der Waals surface area contributed by atoms with Crippen molar-refractivity contribution in [2.45, 2.75) is 43.4 Å². The van der Waals surface area contributed by atoms with Crippen molar-refractivity contribution in [2.75, 3.05) is 37.3 Å². The number of nitrogens with zero attached hydrogens (tertiary/aromatic N) is 4. The monoisotopic (exact) mass is 498 g/mol. The lowest BCUT2D eigenvalue weighted by Crippen LogP contribution is -2.49. The predicted molar refractivity (Wildman–Crippen MR) is 118 cm³/mol. The molecule has 12 heteroatoms. The molecule has 0 saturated carbocycles. The smallest absolute Gasteiger partial charge is 0.425 e. The van der Waals surface area contributed by atoms with Gasteiger partial charge < -0.3 is 14.5 Å². The number of aryl methyl sites for hydroxylation is 1. The highest BCUT2D eigenvalue weighted by Crippen LogP contribution is 2.31. The summed E-state index contributed by atoms with van der Waals surface area (Å²) >= 11 is 0. The number of sulfone groups is 1. The summed E-state index contributed by atoms with van der Waals surface area (Å²) in [7, 11) is -3.68. The quantitative estimate of drug-likeness (QED) is 0.626. The van der Waals surface area contributed by atoms with E-state index in [9.17, 15) is 26.4 Å². The molecule has 1 aromatic heterocycles. The van der Waals surface area contributed by atoms with Crippen LogP contribution in [0, 0.1) is 0 Å². The Hall–Kier alpha value is -2.89. The molecule has 1 fully saturated rings. The second-order valence-electron chi connectivity index (χ2n) is 8.49. The van der Waals surface area contributed by atoms with E-state index in [1.165, 1.54) is 4.90 Å². The summed E-state index contributed by atoms with van der Waals surface area (Å²) in [5.74, 6) is -0.0302. The number of ether oxygens (including phenoxy) is 1. The van der Waals surface area contributed by atoms with E-state index in [1.54, 1.807) is 6.33 Å². The van der Waals surface area contributed by atoms with Gasteiger partial charge in [0, 0.05) is 43.7 Å². The van der Waals surface area contributed by atoms with Gasteiger partial charge in [-0.3, -0.25) is 4.79 Å². The largest absolute Gasteiger partial charge is 0.480 e. The molecule has 0 bridgehead atoms. The second kappa shape index (κ2) is 9.05. The highest BCUT2D eigenvalue weighted by Gasteiger charge is 2.39. The molecule has 1 aliphatic carbocycles. The third-order valence-electron chi connectivity index (χ3n) is 6.09. The van der Waals surface area contributed by atoms with E-state index in [2.05, 4.69) is 14.9 Å². The molecule has 0 unspecified atom stereocenters. The van der Waals surface area contributed by atoms with E-state index >= 15 is 0 Å². The first-order valence-corrected chi connectivity index (χ1v) is 12.8. The lowest BCUT2D eigenvalue weighted by Gasteiger charge is -2.36. The molecular weight excluding hydrogens is 473 g/mol. The van der Waals surface area contributed by atoms with Crippen LogP contribution in [0.3, 0.4) is 0 Å². The summed E-state index contributed by atoms with van der Waals surface area (Å²) in [5, 5.41) is 0. The molecule has 1 saturated heterocycles. The Morgan fingerprint density at radius 2 is 1.82 bits per heavy atom. The molecule has 2 aliphatic rings. The minimum atomic E-state index is -4.64. The Morgan fingerprint density at radius 1 is 1.12 bits per heavy atom. The normalized spacial score (nSPS) is 17.4. The number of carbonyl (C=O) groups is 1. The van der Waals surface area contributed by atoms with Gasteiger partial charge in [-0.15, -0.1) is 0 Å². The molecule has 0 N–H and O–H groups in total. The molecule has 1 aromatic carbocycles. The number of halogens is 3. The van der Waals surface area contributed by atoms with Crippen LogP contribution in [0.2, 0.25) is 0 Å². The van der Waals surface area contributed by atoms with Crippen LogP contribution in [0.1, 0.15) is 35.0 Å². The number of amides is 1. The SMILES string of the molecule is C[C@@H](Oc1ccc(S(C)(=O)=O)cc1C(=O)N1CCN(c2ncnc3c2CCC3)CC1)C(F)(F)F. The maximum atomic E-state index is 13.3. The topological polar surface area (TPSA) is 92.7 Å². The molecule has 1 atom stereocenters. The number of alkyl halides is 3. The van der Waals surface area contributed by atoms with Crippen LogP contribution in [0.25, 0.3) is 0 Å². The minimum absolute atomic E-state index is 0.168. The van der Waals surface area contributed by atoms with E-state index in [0.29, 0.717) is 26.2 Å². The van der Waals surface area contributed by atoms with Gasteiger partial charge in [0.15, 0.2) is 15.9 Å². The molecule has 1 amide bonds. The van der Waals surface area contributed by atoms with Gasteiger partial charge in [-0.25, -0.2) is 18.4 Å². The molecule has 34 heavy (non-hydrogen) atoms. The first kappa shape index (κ1) is 24.2. The summed E-state index contributed by atoms with van der Waals surface area (Å²) < 4.78 is 68.2. The summed E-state index contributed by atoms with van der Waals surface area (Å²) in [6, 6.07) is 3.32. The summed E-state index contributed by atoms with van der Waals surface area (Å²) in [5.41, 5.74) is 1.96. The number of fused-ring (bicyclic) bond motifs is 1. The number of hydrogen-bond donors (Lipinski definition) is 0. The Morgan fingerprint density at radius 3 is 2.47 bits per heavy atom. The highest BCUT2D eigenvalue weighted by atomic mass is 32.2. The van der Waals surface area contributed by atoms with Gasteiger partial charge in [0.25, 0.3) is 5.91 Å². The van der Waals surface area contributed by atoms with Crippen LogP contribution >= 0.6 is 0 Å². The van der Waals surface area contributed by atoms with Crippen LogP contribution < -0.4 is 9.64 Å². The van der Waals surface area contributed by atoms with Crippen LogP contribution in [-0.2, 0) is 22.7 Å². The molecule has 8 nitrogen and oxygen atoms in total. The van der Waals surface area contributed by atoms with Gasteiger partial charge in [0.1, 0.15) is 17.9 Å². The third kappa shape index (κ3) is 4.96. The highest BCUT2D eigenvalue weighted by molar-refractivity contribution is 7.90. The summed E-state index contributed by atoms with van der Waals surface area (Å²) in [6.07, 6.45) is -1.46. The summed E-state index contributed by atoms with van der Waals surface area (Å²) in [4.78, 5) is 25.4. The van der Waals surface area contributed by atoms with Crippen molar-refractivity contribution in [3.63, 3.8) is 0 Å². The summed E-state index contributed by atoms with van der Waals surface area (Å²) in [6.45, 7) is 2.40. The average molecular weight is 499 g/mol. The Kier molecular flexibility index (Phi) is 6.45. The fraction of sp³-hybridized carbons (Fsp3) is 0.500. The number of benzene rings is 1. The maximum absolute atomic E-state index is 13.3. The van der Waals surface area contributed by atoms with E-state index < -0.39 is 28.0 Å². The zero-order valence-electron chi connectivity index (χ0n) is 18.8. The van der Waals surface area contributed by atoms with Crippen LogP contribution in [0.5, 0.6) is 5.75 Å². The number of hydrogen-bond acceptors (Lipinski definition) is 7. The van der Waals surface area contributed by atoms with Crippen molar-refractivity contribution in [2.24, 2.45) is 0 Å². The first-order chi connectivity index (χ1) is 15.9. The third-order valence-corrected chi connectivity index (χ3v) is 7.20. The van der Waals surface area contributed by atoms with Crippen molar-refractivity contribution in [3.8, 4) is 5.75 Å². The van der Waals surface area contributed by atoms with Gasteiger partial charge in [0.05, 0.1) is 10.5 Å². The molecule has 1 aliphatic heterocycles. The van der Waals surface area contributed by atoms with Crippen molar-refractivity contribution in [1.82, 2.24) is 14.9 Å². The fourth-order valence-electron chi connectivity index (χ4n) is 4.17. The molecule has 2 aromatic rings.